The van der Waals surface area contributed by atoms with Crippen molar-refractivity contribution in [1.29, 1.82) is 0 Å². The molecule has 0 rings (SSSR count). The van der Waals surface area contributed by atoms with Crippen LogP contribution in [0.3, 0.4) is 0 Å². The van der Waals surface area contributed by atoms with Gasteiger partial charge in [-0.15, -0.1) is 0 Å². The van der Waals surface area contributed by atoms with E-state index in [9.17, 15) is 4.79 Å². The Morgan fingerprint density at radius 3 is 1.93 bits per heavy atom. The normalized spacial score (nSPS) is 12.2. The Hall–Kier alpha value is -1.21. The zero-order valence-electron chi connectivity index (χ0n) is 18.3. The SMILES string of the molecule is CCCCC/C=C\C/C=C\CCCCCCCC(=O)OCC(O)CO.OCCO. The van der Waals surface area contributed by atoms with E-state index in [1.54, 1.807) is 0 Å². The van der Waals surface area contributed by atoms with Crippen LogP contribution in [-0.4, -0.2) is 58.9 Å². The van der Waals surface area contributed by atoms with Gasteiger partial charge in [-0.05, 0) is 38.5 Å². The van der Waals surface area contributed by atoms with Crippen LogP contribution in [0.25, 0.3) is 0 Å². The molecule has 4 N–H and O–H groups in total. The molecule has 0 aromatic rings. The van der Waals surface area contributed by atoms with Gasteiger partial charge in [-0.25, -0.2) is 0 Å². The first kappa shape index (κ1) is 30.0. The molecule has 0 aliphatic carbocycles. The molecule has 0 aromatic carbocycles. The number of esters is 1. The van der Waals surface area contributed by atoms with Gasteiger partial charge in [0.1, 0.15) is 12.7 Å². The van der Waals surface area contributed by atoms with E-state index in [1.807, 2.05) is 0 Å². The van der Waals surface area contributed by atoms with Crippen molar-refractivity contribution in [3.8, 4) is 0 Å². The first-order chi connectivity index (χ1) is 14.1. The highest BCUT2D eigenvalue weighted by Gasteiger charge is 2.07. The maximum atomic E-state index is 11.4. The second-order valence-electron chi connectivity index (χ2n) is 6.95. The molecule has 0 saturated heterocycles. The molecule has 29 heavy (non-hydrogen) atoms. The molecule has 0 aliphatic heterocycles. The minimum Gasteiger partial charge on any atom is -0.463 e. The van der Waals surface area contributed by atoms with Crippen LogP contribution in [0.15, 0.2) is 24.3 Å². The Kier molecular flexibility index (Phi) is 27.7. The lowest BCUT2D eigenvalue weighted by atomic mass is 10.1. The van der Waals surface area contributed by atoms with Crippen molar-refractivity contribution in [2.75, 3.05) is 26.4 Å². The van der Waals surface area contributed by atoms with Crippen LogP contribution in [0, 0.1) is 0 Å². The Balaban J connectivity index is 0. The average Bonchev–Trinajstić information content (AvgIpc) is 2.74. The third-order valence-electron chi connectivity index (χ3n) is 4.08. The highest BCUT2D eigenvalue weighted by atomic mass is 16.5. The summed E-state index contributed by atoms with van der Waals surface area (Å²) in [4.78, 5) is 11.4. The summed E-state index contributed by atoms with van der Waals surface area (Å²) in [5, 5.41) is 32.9. The van der Waals surface area contributed by atoms with E-state index in [4.69, 9.17) is 25.2 Å². The van der Waals surface area contributed by atoms with Crippen LogP contribution in [0.1, 0.15) is 84.0 Å². The van der Waals surface area contributed by atoms with Crippen molar-refractivity contribution < 1.29 is 30.0 Å². The van der Waals surface area contributed by atoms with Gasteiger partial charge in [-0.1, -0.05) is 63.3 Å². The third-order valence-corrected chi connectivity index (χ3v) is 4.08. The Labute approximate surface area is 177 Å². The van der Waals surface area contributed by atoms with Crippen LogP contribution in [-0.2, 0) is 9.53 Å². The Morgan fingerprint density at radius 2 is 1.38 bits per heavy atom. The number of aliphatic hydroxyl groups is 4. The summed E-state index contributed by atoms with van der Waals surface area (Å²) in [5.41, 5.74) is 0. The number of aliphatic hydroxyl groups excluding tert-OH is 4. The third kappa shape index (κ3) is 29.1. The summed E-state index contributed by atoms with van der Waals surface area (Å²) in [7, 11) is 0. The molecule has 6 nitrogen and oxygen atoms in total. The minimum atomic E-state index is -0.964. The van der Waals surface area contributed by atoms with E-state index in [0.717, 1.165) is 32.1 Å². The standard InChI is InChI=1S/C21H38O4.C2H6O2/c1-2-3-4-5-6-7-8-9-10-11-12-13-14-15-16-17-21(24)25-19-20(23)18-22;3-1-2-4/h6-7,9-10,20,22-23H,2-5,8,11-19H2,1H3;3-4H,1-2H2/b7-6-,10-9-;. The summed E-state index contributed by atoms with van der Waals surface area (Å²) in [6, 6.07) is 0. The number of rotatable bonds is 18. The quantitative estimate of drug-likeness (QED) is 0.154. The summed E-state index contributed by atoms with van der Waals surface area (Å²) < 4.78 is 4.85. The van der Waals surface area contributed by atoms with Gasteiger partial charge in [0, 0.05) is 6.42 Å². The first-order valence-corrected chi connectivity index (χ1v) is 11.1. The molecule has 0 aromatic heterocycles. The van der Waals surface area contributed by atoms with Crippen LogP contribution in [0.2, 0.25) is 0 Å². The molecule has 172 valence electrons. The van der Waals surface area contributed by atoms with Gasteiger partial charge in [0.15, 0.2) is 0 Å². The zero-order chi connectivity index (χ0) is 22.0. The molecule has 0 radical (unpaired) electrons. The molecule has 0 amide bonds. The number of carbonyl (C=O) groups is 1. The lowest BCUT2D eigenvalue weighted by Gasteiger charge is -2.08. The maximum absolute atomic E-state index is 11.4. The highest BCUT2D eigenvalue weighted by molar-refractivity contribution is 5.69. The van der Waals surface area contributed by atoms with Crippen molar-refractivity contribution in [2.24, 2.45) is 0 Å². The van der Waals surface area contributed by atoms with E-state index in [1.165, 1.54) is 38.5 Å². The molecule has 0 fully saturated rings. The van der Waals surface area contributed by atoms with Gasteiger partial charge in [0.05, 0.1) is 19.8 Å². The lowest BCUT2D eigenvalue weighted by molar-refractivity contribution is -0.147. The van der Waals surface area contributed by atoms with Gasteiger partial charge in [0.2, 0.25) is 0 Å². The van der Waals surface area contributed by atoms with Crippen molar-refractivity contribution in [3.05, 3.63) is 24.3 Å². The predicted octanol–water partition coefficient (Wildman–Crippen LogP) is 3.67. The molecule has 1 unspecified atom stereocenters. The van der Waals surface area contributed by atoms with Crippen molar-refractivity contribution >= 4 is 5.97 Å². The number of ether oxygens (including phenoxy) is 1. The summed E-state index contributed by atoms with van der Waals surface area (Å²) in [5.74, 6) is -0.293. The summed E-state index contributed by atoms with van der Waals surface area (Å²) in [6.45, 7) is 1.49. The van der Waals surface area contributed by atoms with Gasteiger partial charge < -0.3 is 25.2 Å². The molecular formula is C23H44O6. The average molecular weight is 417 g/mol. The zero-order valence-corrected chi connectivity index (χ0v) is 18.3. The van der Waals surface area contributed by atoms with E-state index in [-0.39, 0.29) is 32.4 Å². The molecular weight excluding hydrogens is 372 g/mol. The first-order valence-electron chi connectivity index (χ1n) is 11.1. The van der Waals surface area contributed by atoms with E-state index in [2.05, 4.69) is 31.2 Å². The number of unbranched alkanes of at least 4 members (excludes halogenated alkanes) is 8. The minimum absolute atomic E-state index is 0.115. The van der Waals surface area contributed by atoms with Crippen molar-refractivity contribution in [2.45, 2.75) is 90.1 Å². The molecule has 6 heteroatoms. The largest absolute Gasteiger partial charge is 0.463 e. The topological polar surface area (TPSA) is 107 Å². The van der Waals surface area contributed by atoms with Gasteiger partial charge >= 0.3 is 5.97 Å². The molecule has 0 spiro atoms. The van der Waals surface area contributed by atoms with E-state index < -0.39 is 6.10 Å². The monoisotopic (exact) mass is 416 g/mol. The van der Waals surface area contributed by atoms with Gasteiger partial charge in [-0.3, -0.25) is 4.79 Å². The fourth-order valence-electron chi connectivity index (χ4n) is 2.39. The van der Waals surface area contributed by atoms with Crippen LogP contribution >= 0.6 is 0 Å². The van der Waals surface area contributed by atoms with Gasteiger partial charge in [-0.2, -0.15) is 0 Å². The van der Waals surface area contributed by atoms with Crippen LogP contribution in [0.5, 0.6) is 0 Å². The number of hydrogen-bond donors (Lipinski definition) is 4. The number of carbonyl (C=O) groups excluding carboxylic acids is 1. The Morgan fingerprint density at radius 1 is 0.828 bits per heavy atom. The molecule has 0 bridgehead atoms. The van der Waals surface area contributed by atoms with Crippen molar-refractivity contribution in [1.82, 2.24) is 0 Å². The molecule has 1 atom stereocenters. The van der Waals surface area contributed by atoms with Gasteiger partial charge in [0.25, 0.3) is 0 Å². The molecule has 0 saturated carbocycles. The highest BCUT2D eigenvalue weighted by Crippen LogP contribution is 2.08. The molecule has 0 aliphatic rings. The van der Waals surface area contributed by atoms with Crippen LogP contribution in [0.4, 0.5) is 0 Å². The molecule has 0 heterocycles. The lowest BCUT2D eigenvalue weighted by Crippen LogP contribution is -2.21. The second kappa shape index (κ2) is 26.8. The maximum Gasteiger partial charge on any atom is 0.305 e. The fraction of sp³-hybridized carbons (Fsp3) is 0.783. The fourth-order valence-corrected chi connectivity index (χ4v) is 2.39. The Bertz CT molecular complexity index is 380. The van der Waals surface area contributed by atoms with Crippen molar-refractivity contribution in [3.63, 3.8) is 0 Å². The summed E-state index contributed by atoms with van der Waals surface area (Å²) in [6.07, 6.45) is 21.1. The predicted molar refractivity (Wildman–Crippen MR) is 118 cm³/mol. The number of hydrogen-bond acceptors (Lipinski definition) is 6. The van der Waals surface area contributed by atoms with E-state index in [0.29, 0.717) is 6.42 Å². The smallest absolute Gasteiger partial charge is 0.305 e. The number of allylic oxidation sites excluding steroid dienone is 4. The second-order valence-corrected chi connectivity index (χ2v) is 6.95. The van der Waals surface area contributed by atoms with Crippen LogP contribution < -0.4 is 0 Å². The summed E-state index contributed by atoms with van der Waals surface area (Å²) >= 11 is 0. The van der Waals surface area contributed by atoms with E-state index >= 15 is 0 Å².